The highest BCUT2D eigenvalue weighted by molar-refractivity contribution is 5.48. The number of methoxy groups -OCH3 is 1. The Bertz CT molecular complexity index is 690. The SMILES string of the molecule is CNc1cc(C)nc(NC[C@H]2COc3c(cccc3OC)C2)n1. The van der Waals surface area contributed by atoms with Crippen LogP contribution in [0.3, 0.4) is 0 Å². The van der Waals surface area contributed by atoms with E-state index in [2.05, 4.69) is 26.7 Å². The molecule has 0 saturated heterocycles. The Morgan fingerprint density at radius 1 is 1.35 bits per heavy atom. The van der Waals surface area contributed by atoms with E-state index in [1.807, 2.05) is 32.2 Å². The molecule has 0 fully saturated rings. The maximum absolute atomic E-state index is 5.90. The molecule has 0 aliphatic carbocycles. The van der Waals surface area contributed by atoms with Crippen molar-refractivity contribution < 1.29 is 9.47 Å². The van der Waals surface area contributed by atoms with E-state index < -0.39 is 0 Å². The summed E-state index contributed by atoms with van der Waals surface area (Å²) in [6, 6.07) is 7.93. The van der Waals surface area contributed by atoms with E-state index in [0.29, 0.717) is 18.5 Å². The van der Waals surface area contributed by atoms with Gasteiger partial charge in [-0.3, -0.25) is 0 Å². The topological polar surface area (TPSA) is 68.3 Å². The third-order valence-corrected chi connectivity index (χ3v) is 3.91. The number of benzene rings is 1. The summed E-state index contributed by atoms with van der Waals surface area (Å²) in [5, 5.41) is 6.36. The molecule has 6 heteroatoms. The fourth-order valence-corrected chi connectivity index (χ4v) is 2.76. The molecule has 0 saturated carbocycles. The number of nitrogens with one attached hydrogen (secondary N) is 2. The van der Waals surface area contributed by atoms with Crippen LogP contribution in [0, 0.1) is 12.8 Å². The molecule has 0 amide bonds. The van der Waals surface area contributed by atoms with Crippen LogP contribution in [0.2, 0.25) is 0 Å². The highest BCUT2D eigenvalue weighted by Crippen LogP contribution is 2.35. The Kier molecular flexibility index (Phi) is 4.50. The smallest absolute Gasteiger partial charge is 0.224 e. The lowest BCUT2D eigenvalue weighted by Gasteiger charge is -2.26. The van der Waals surface area contributed by atoms with E-state index in [9.17, 15) is 0 Å². The summed E-state index contributed by atoms with van der Waals surface area (Å²) in [5.41, 5.74) is 2.12. The lowest BCUT2D eigenvalue weighted by molar-refractivity contribution is 0.218. The lowest BCUT2D eigenvalue weighted by atomic mass is 9.96. The van der Waals surface area contributed by atoms with Crippen molar-refractivity contribution >= 4 is 11.8 Å². The molecule has 23 heavy (non-hydrogen) atoms. The highest BCUT2D eigenvalue weighted by atomic mass is 16.5. The Labute approximate surface area is 136 Å². The summed E-state index contributed by atoms with van der Waals surface area (Å²) in [4.78, 5) is 8.83. The second-order valence-electron chi connectivity index (χ2n) is 5.68. The maximum atomic E-state index is 5.90. The third kappa shape index (κ3) is 3.47. The summed E-state index contributed by atoms with van der Waals surface area (Å²) in [6.45, 7) is 3.38. The number of rotatable bonds is 5. The van der Waals surface area contributed by atoms with Gasteiger partial charge in [-0.25, -0.2) is 4.98 Å². The first-order valence-electron chi connectivity index (χ1n) is 7.75. The Balaban J connectivity index is 1.65. The zero-order chi connectivity index (χ0) is 16.2. The molecule has 0 radical (unpaired) electrons. The molecule has 2 heterocycles. The van der Waals surface area contributed by atoms with Crippen molar-refractivity contribution in [2.75, 3.05) is 37.9 Å². The molecule has 2 N–H and O–H groups in total. The van der Waals surface area contributed by atoms with Crippen LogP contribution in [0.4, 0.5) is 11.8 Å². The first-order valence-corrected chi connectivity index (χ1v) is 7.75. The van der Waals surface area contributed by atoms with E-state index in [-0.39, 0.29) is 0 Å². The number of nitrogens with zero attached hydrogens (tertiary/aromatic N) is 2. The minimum Gasteiger partial charge on any atom is -0.493 e. The van der Waals surface area contributed by atoms with Gasteiger partial charge in [0.15, 0.2) is 11.5 Å². The molecule has 122 valence electrons. The van der Waals surface area contributed by atoms with Crippen molar-refractivity contribution in [3.63, 3.8) is 0 Å². The van der Waals surface area contributed by atoms with E-state index in [0.717, 1.165) is 36.0 Å². The van der Waals surface area contributed by atoms with Gasteiger partial charge in [0.2, 0.25) is 5.95 Å². The van der Waals surface area contributed by atoms with Crippen molar-refractivity contribution in [3.05, 3.63) is 35.5 Å². The second kappa shape index (κ2) is 6.73. The summed E-state index contributed by atoms with van der Waals surface area (Å²) in [7, 11) is 3.52. The first-order chi connectivity index (χ1) is 11.2. The number of aryl methyl sites for hydroxylation is 1. The zero-order valence-electron chi connectivity index (χ0n) is 13.7. The number of hydrogen-bond acceptors (Lipinski definition) is 6. The van der Waals surface area contributed by atoms with Gasteiger partial charge in [-0.1, -0.05) is 12.1 Å². The van der Waals surface area contributed by atoms with Crippen molar-refractivity contribution in [2.24, 2.45) is 5.92 Å². The van der Waals surface area contributed by atoms with Gasteiger partial charge in [-0.05, 0) is 25.0 Å². The number of ether oxygens (including phenoxy) is 2. The van der Waals surface area contributed by atoms with Crippen LogP contribution in [-0.4, -0.2) is 37.3 Å². The molecule has 0 spiro atoms. The zero-order valence-corrected chi connectivity index (χ0v) is 13.7. The number of aromatic nitrogens is 2. The van der Waals surface area contributed by atoms with Crippen molar-refractivity contribution in [3.8, 4) is 11.5 Å². The fourth-order valence-electron chi connectivity index (χ4n) is 2.76. The van der Waals surface area contributed by atoms with Crippen LogP contribution in [0.1, 0.15) is 11.3 Å². The lowest BCUT2D eigenvalue weighted by Crippen LogP contribution is -2.28. The van der Waals surface area contributed by atoms with E-state index in [1.54, 1.807) is 7.11 Å². The Morgan fingerprint density at radius 2 is 2.22 bits per heavy atom. The molecule has 0 unspecified atom stereocenters. The molecule has 1 atom stereocenters. The Hall–Kier alpha value is -2.50. The van der Waals surface area contributed by atoms with E-state index in [1.165, 1.54) is 5.56 Å². The molecule has 1 aliphatic rings. The highest BCUT2D eigenvalue weighted by Gasteiger charge is 2.22. The van der Waals surface area contributed by atoms with Crippen molar-refractivity contribution in [1.82, 2.24) is 9.97 Å². The standard InChI is InChI=1S/C17H22N4O2/c1-11-7-15(18-2)21-17(20-11)19-9-12-8-13-5-4-6-14(22-3)16(13)23-10-12/h4-7,12H,8-10H2,1-3H3,(H2,18,19,20,21)/t12-/m0/s1. The fraction of sp³-hybridized carbons (Fsp3) is 0.412. The van der Waals surface area contributed by atoms with Crippen LogP contribution >= 0.6 is 0 Å². The normalized spacial score (nSPS) is 16.2. The van der Waals surface area contributed by atoms with Gasteiger partial charge in [0.1, 0.15) is 5.82 Å². The predicted molar refractivity (Wildman–Crippen MR) is 90.5 cm³/mol. The van der Waals surface area contributed by atoms with E-state index in [4.69, 9.17) is 9.47 Å². The molecule has 1 aromatic carbocycles. The monoisotopic (exact) mass is 314 g/mol. The van der Waals surface area contributed by atoms with Gasteiger partial charge in [0, 0.05) is 31.3 Å². The van der Waals surface area contributed by atoms with Crippen LogP contribution in [0.5, 0.6) is 11.5 Å². The molecule has 6 nitrogen and oxygen atoms in total. The summed E-state index contributed by atoms with van der Waals surface area (Å²) in [5.74, 6) is 3.50. The largest absolute Gasteiger partial charge is 0.493 e. The van der Waals surface area contributed by atoms with Gasteiger partial charge in [0.25, 0.3) is 0 Å². The molecule has 2 aromatic rings. The van der Waals surface area contributed by atoms with Gasteiger partial charge < -0.3 is 20.1 Å². The van der Waals surface area contributed by atoms with Crippen molar-refractivity contribution in [1.29, 1.82) is 0 Å². The molecule has 1 aliphatic heterocycles. The number of anilines is 2. The third-order valence-electron chi connectivity index (χ3n) is 3.91. The number of hydrogen-bond donors (Lipinski definition) is 2. The minimum atomic E-state index is 0.372. The molecule has 1 aromatic heterocycles. The molecular formula is C17H22N4O2. The van der Waals surface area contributed by atoms with Crippen molar-refractivity contribution in [2.45, 2.75) is 13.3 Å². The predicted octanol–water partition coefficient (Wildman–Crippen LogP) is 2.50. The molecule has 3 rings (SSSR count). The summed E-state index contributed by atoms with van der Waals surface area (Å²) >= 11 is 0. The van der Waals surface area contributed by atoms with E-state index >= 15 is 0 Å². The average Bonchev–Trinajstić information content (AvgIpc) is 2.58. The van der Waals surface area contributed by atoms with Crippen LogP contribution in [0.15, 0.2) is 24.3 Å². The first kappa shape index (κ1) is 15.4. The minimum absolute atomic E-state index is 0.372. The van der Waals surface area contributed by atoms with Gasteiger partial charge >= 0.3 is 0 Å². The summed E-state index contributed by atoms with van der Waals surface area (Å²) in [6.07, 6.45) is 0.949. The van der Waals surface area contributed by atoms with Crippen LogP contribution < -0.4 is 20.1 Å². The molecule has 0 bridgehead atoms. The Morgan fingerprint density at radius 3 is 3.00 bits per heavy atom. The number of fused-ring (bicyclic) bond motifs is 1. The maximum Gasteiger partial charge on any atom is 0.224 e. The van der Waals surface area contributed by atoms with Crippen LogP contribution in [-0.2, 0) is 6.42 Å². The summed E-state index contributed by atoms with van der Waals surface area (Å²) < 4.78 is 11.2. The average molecular weight is 314 g/mol. The van der Waals surface area contributed by atoms with Crippen LogP contribution in [0.25, 0.3) is 0 Å². The second-order valence-corrected chi connectivity index (χ2v) is 5.68. The number of para-hydroxylation sites is 1. The van der Waals surface area contributed by atoms with Gasteiger partial charge in [-0.2, -0.15) is 4.98 Å². The molecular weight excluding hydrogens is 292 g/mol. The quantitative estimate of drug-likeness (QED) is 0.884. The van der Waals surface area contributed by atoms with Gasteiger partial charge in [-0.15, -0.1) is 0 Å². The van der Waals surface area contributed by atoms with Gasteiger partial charge in [0.05, 0.1) is 13.7 Å².